The first-order valence-corrected chi connectivity index (χ1v) is 5.05. The quantitative estimate of drug-likeness (QED) is 0.667. The summed E-state index contributed by atoms with van der Waals surface area (Å²) in [4.78, 5) is 16.3. The Balaban J connectivity index is 2.21. The van der Waals surface area contributed by atoms with Crippen LogP contribution in [0.2, 0.25) is 0 Å². The van der Waals surface area contributed by atoms with Crippen LogP contribution < -0.4 is 5.73 Å². The van der Waals surface area contributed by atoms with Crippen LogP contribution in [0.25, 0.3) is 0 Å². The van der Waals surface area contributed by atoms with Crippen LogP contribution in [-0.4, -0.2) is 35.0 Å². The van der Waals surface area contributed by atoms with Gasteiger partial charge in [0.25, 0.3) is 0 Å². The van der Waals surface area contributed by atoms with Crippen molar-refractivity contribution in [1.29, 1.82) is 0 Å². The van der Waals surface area contributed by atoms with Crippen LogP contribution in [0.3, 0.4) is 0 Å². The number of nitrogens with zero attached hydrogens (tertiary/aromatic N) is 4. The van der Waals surface area contributed by atoms with Gasteiger partial charge in [0.05, 0.1) is 0 Å². The zero-order valence-corrected chi connectivity index (χ0v) is 8.24. The summed E-state index contributed by atoms with van der Waals surface area (Å²) in [5.41, 5.74) is 5.54. The van der Waals surface area contributed by atoms with Crippen molar-refractivity contribution in [1.82, 2.24) is 0 Å². The Bertz CT molecular complexity index is 379. The lowest BCUT2D eigenvalue weighted by Gasteiger charge is -2.14. The van der Waals surface area contributed by atoms with E-state index in [4.69, 9.17) is 5.73 Å². The van der Waals surface area contributed by atoms with E-state index in [9.17, 15) is 0 Å². The normalized spacial score (nSPS) is 23.7. The van der Waals surface area contributed by atoms with Crippen LogP contribution in [-0.2, 0) is 0 Å². The second-order valence-electron chi connectivity index (χ2n) is 2.67. The topological polar surface area (TPSA) is 75.5 Å². The summed E-state index contributed by atoms with van der Waals surface area (Å²) in [6.07, 6.45) is 3.30. The highest BCUT2D eigenvalue weighted by Crippen LogP contribution is 2.18. The number of thioether (sulfide) groups is 1. The molecule has 5 nitrogen and oxygen atoms in total. The number of guanidine groups is 1. The van der Waals surface area contributed by atoms with Crippen molar-refractivity contribution in [3.8, 4) is 0 Å². The number of hydrogen-bond acceptors (Lipinski definition) is 6. The molecule has 2 N–H and O–H groups in total. The van der Waals surface area contributed by atoms with E-state index in [1.807, 2.05) is 6.08 Å². The van der Waals surface area contributed by atoms with Gasteiger partial charge in [0.2, 0.25) is 5.96 Å². The van der Waals surface area contributed by atoms with Crippen molar-refractivity contribution in [2.45, 2.75) is 6.04 Å². The molecule has 2 aliphatic heterocycles. The summed E-state index contributed by atoms with van der Waals surface area (Å²) in [5.74, 6) is 1.66. The molecular weight excluding hydrogens is 198 g/mol. The second kappa shape index (κ2) is 3.75. The molecule has 0 aromatic carbocycles. The summed E-state index contributed by atoms with van der Waals surface area (Å²) in [6, 6.07) is -0.146. The molecule has 0 aromatic heterocycles. The summed E-state index contributed by atoms with van der Waals surface area (Å²) in [5, 5.41) is 0.838. The maximum Gasteiger partial charge on any atom is 0.222 e. The Morgan fingerprint density at radius 1 is 1.57 bits per heavy atom. The van der Waals surface area contributed by atoms with Gasteiger partial charge in [-0.15, -0.1) is 18.3 Å². The van der Waals surface area contributed by atoms with Gasteiger partial charge >= 0.3 is 0 Å². The van der Waals surface area contributed by atoms with Gasteiger partial charge in [-0.3, -0.25) is 4.99 Å². The Hall–Kier alpha value is -1.43. The lowest BCUT2D eigenvalue weighted by atomic mass is 10.3. The predicted molar refractivity (Wildman–Crippen MR) is 61.4 cm³/mol. The van der Waals surface area contributed by atoms with Crippen LogP contribution in [0, 0.1) is 0 Å². The number of amidine groups is 1. The van der Waals surface area contributed by atoms with E-state index in [1.165, 1.54) is 6.34 Å². The molecule has 2 rings (SSSR count). The molecule has 14 heavy (non-hydrogen) atoms. The largest absolute Gasteiger partial charge is 0.368 e. The molecule has 2 heterocycles. The monoisotopic (exact) mass is 207 g/mol. The number of rotatable bonds is 2. The van der Waals surface area contributed by atoms with E-state index in [0.29, 0.717) is 5.84 Å². The Morgan fingerprint density at radius 2 is 2.43 bits per heavy atom. The van der Waals surface area contributed by atoms with Gasteiger partial charge in [0, 0.05) is 5.75 Å². The van der Waals surface area contributed by atoms with Crippen LogP contribution >= 0.6 is 11.8 Å². The Morgan fingerprint density at radius 3 is 3.21 bits per heavy atom. The molecule has 0 aromatic rings. The Labute approximate surface area is 85.6 Å². The van der Waals surface area contributed by atoms with Crippen molar-refractivity contribution in [3.05, 3.63) is 12.7 Å². The van der Waals surface area contributed by atoms with Gasteiger partial charge in [-0.25, -0.2) is 9.98 Å². The molecule has 0 spiro atoms. The average Bonchev–Trinajstić information content (AvgIpc) is 2.61. The molecule has 0 amide bonds. The molecule has 1 atom stereocenters. The van der Waals surface area contributed by atoms with Crippen molar-refractivity contribution < 1.29 is 0 Å². The lowest BCUT2D eigenvalue weighted by molar-refractivity contribution is 1.15. The SMILES string of the molecule is C=CCSC1=NC(N)=NC2=NC=NC21. The molecule has 1 unspecified atom stereocenters. The fourth-order valence-electron chi connectivity index (χ4n) is 1.13. The molecule has 0 saturated carbocycles. The number of nitrogens with two attached hydrogens (primary N) is 1. The molecule has 0 fully saturated rings. The highest BCUT2D eigenvalue weighted by molar-refractivity contribution is 8.14. The van der Waals surface area contributed by atoms with E-state index < -0.39 is 0 Å². The van der Waals surface area contributed by atoms with Crippen molar-refractivity contribution in [2.75, 3.05) is 5.75 Å². The molecule has 6 heteroatoms. The standard InChI is InChI=1S/C8H9N5S/c1-2-3-14-7-5-6(11-4-10-5)12-8(9)13-7/h2,4-5H,1,3H2,(H2,9,10,11,12). The van der Waals surface area contributed by atoms with E-state index in [-0.39, 0.29) is 12.0 Å². The minimum absolute atomic E-state index is 0.146. The molecule has 0 bridgehead atoms. The predicted octanol–water partition coefficient (Wildman–Crippen LogP) is 0.441. The van der Waals surface area contributed by atoms with Crippen LogP contribution in [0.4, 0.5) is 0 Å². The van der Waals surface area contributed by atoms with Gasteiger partial charge in [-0.2, -0.15) is 4.99 Å². The third-order valence-electron chi connectivity index (χ3n) is 1.69. The fraction of sp³-hybridized carbons (Fsp3) is 0.250. The summed E-state index contributed by atoms with van der Waals surface area (Å²) in [7, 11) is 0. The molecule has 0 aliphatic carbocycles. The molecule has 72 valence electrons. The highest BCUT2D eigenvalue weighted by atomic mass is 32.2. The van der Waals surface area contributed by atoms with E-state index in [1.54, 1.807) is 11.8 Å². The minimum Gasteiger partial charge on any atom is -0.368 e. The summed E-state index contributed by atoms with van der Waals surface area (Å²) < 4.78 is 0. The number of hydrogen-bond donors (Lipinski definition) is 1. The van der Waals surface area contributed by atoms with Crippen LogP contribution in [0.1, 0.15) is 0 Å². The number of fused-ring (bicyclic) bond motifs is 1. The molecule has 0 radical (unpaired) electrons. The molecular formula is C8H9N5S. The van der Waals surface area contributed by atoms with Gasteiger partial charge in [0.1, 0.15) is 11.4 Å². The fourth-order valence-corrected chi connectivity index (χ4v) is 1.90. The van der Waals surface area contributed by atoms with E-state index in [0.717, 1.165) is 10.8 Å². The third kappa shape index (κ3) is 1.60. The second-order valence-corrected chi connectivity index (χ2v) is 3.71. The zero-order chi connectivity index (χ0) is 9.97. The van der Waals surface area contributed by atoms with Gasteiger partial charge in [-0.1, -0.05) is 6.08 Å². The number of aliphatic imine (C=N–C) groups is 4. The highest BCUT2D eigenvalue weighted by Gasteiger charge is 2.27. The molecule has 0 saturated heterocycles. The summed E-state index contributed by atoms with van der Waals surface area (Å²) in [6.45, 7) is 3.64. The van der Waals surface area contributed by atoms with Gasteiger partial charge in [-0.05, 0) is 0 Å². The van der Waals surface area contributed by atoms with E-state index >= 15 is 0 Å². The Kier molecular flexibility index (Phi) is 2.45. The first-order valence-electron chi connectivity index (χ1n) is 4.07. The van der Waals surface area contributed by atoms with Crippen molar-refractivity contribution >= 4 is 34.9 Å². The zero-order valence-electron chi connectivity index (χ0n) is 7.42. The maximum absolute atomic E-state index is 5.54. The van der Waals surface area contributed by atoms with Gasteiger partial charge in [0.15, 0.2) is 11.9 Å². The minimum atomic E-state index is -0.146. The van der Waals surface area contributed by atoms with Crippen molar-refractivity contribution in [2.24, 2.45) is 25.7 Å². The average molecular weight is 207 g/mol. The van der Waals surface area contributed by atoms with Crippen LogP contribution in [0.5, 0.6) is 0 Å². The first-order chi connectivity index (χ1) is 6.81. The first kappa shape index (κ1) is 9.14. The van der Waals surface area contributed by atoms with Crippen LogP contribution in [0.15, 0.2) is 32.6 Å². The maximum atomic E-state index is 5.54. The summed E-state index contributed by atoms with van der Waals surface area (Å²) >= 11 is 1.55. The smallest absolute Gasteiger partial charge is 0.222 e. The van der Waals surface area contributed by atoms with E-state index in [2.05, 4.69) is 26.5 Å². The van der Waals surface area contributed by atoms with Crippen molar-refractivity contribution in [3.63, 3.8) is 0 Å². The van der Waals surface area contributed by atoms with Gasteiger partial charge < -0.3 is 5.73 Å². The molecule has 2 aliphatic rings. The lowest BCUT2D eigenvalue weighted by Crippen LogP contribution is -2.31. The third-order valence-corrected chi connectivity index (χ3v) is 2.70.